The van der Waals surface area contributed by atoms with Crippen molar-refractivity contribution in [2.24, 2.45) is 17.4 Å². The van der Waals surface area contributed by atoms with Crippen LogP contribution in [-0.4, -0.2) is 23.2 Å². The number of ketones is 1. The summed E-state index contributed by atoms with van der Waals surface area (Å²) in [7, 11) is 0. The van der Waals surface area contributed by atoms with E-state index in [0.29, 0.717) is 12.8 Å². The molecule has 4 heteroatoms. The normalized spacial score (nSPS) is 16.2. The van der Waals surface area contributed by atoms with E-state index in [-0.39, 0.29) is 11.7 Å². The number of nitrogens with two attached hydrogens (primary N) is 2. The molecule has 2 atom stereocenters. The maximum atomic E-state index is 11.2. The standard InChI is InChI=1S/C8H18N2O2/c1-5(2)8(12)6(9)3-4-7(10)11/h5-7,11H,3-4,9-10H2,1-2H3/t6-,7?/m1/s1. The second kappa shape index (κ2) is 5.24. The first-order chi connectivity index (χ1) is 5.45. The van der Waals surface area contributed by atoms with Gasteiger partial charge in [0.1, 0.15) is 6.23 Å². The van der Waals surface area contributed by atoms with Gasteiger partial charge in [0.05, 0.1) is 6.04 Å². The van der Waals surface area contributed by atoms with Crippen molar-refractivity contribution < 1.29 is 9.90 Å². The molecule has 0 aromatic heterocycles. The fourth-order valence-corrected chi connectivity index (χ4v) is 0.921. The molecule has 12 heavy (non-hydrogen) atoms. The molecule has 0 heterocycles. The Morgan fingerprint density at radius 1 is 1.33 bits per heavy atom. The van der Waals surface area contributed by atoms with Crippen LogP contribution in [0.1, 0.15) is 26.7 Å². The Hall–Kier alpha value is -0.450. The van der Waals surface area contributed by atoms with Crippen molar-refractivity contribution >= 4 is 5.78 Å². The number of hydrogen-bond acceptors (Lipinski definition) is 4. The van der Waals surface area contributed by atoms with Gasteiger partial charge < -0.3 is 16.6 Å². The summed E-state index contributed by atoms with van der Waals surface area (Å²) < 4.78 is 0. The first-order valence-electron chi connectivity index (χ1n) is 4.18. The Labute approximate surface area is 72.9 Å². The second-order valence-electron chi connectivity index (χ2n) is 3.31. The molecule has 0 aromatic carbocycles. The van der Waals surface area contributed by atoms with E-state index in [9.17, 15) is 4.79 Å². The van der Waals surface area contributed by atoms with Crippen LogP contribution < -0.4 is 11.5 Å². The van der Waals surface area contributed by atoms with Crippen LogP contribution in [0.4, 0.5) is 0 Å². The number of aliphatic hydroxyl groups excluding tert-OH is 1. The van der Waals surface area contributed by atoms with Crippen molar-refractivity contribution in [3.63, 3.8) is 0 Å². The van der Waals surface area contributed by atoms with E-state index in [2.05, 4.69) is 0 Å². The summed E-state index contributed by atoms with van der Waals surface area (Å²) in [5, 5.41) is 8.73. The molecule has 0 aromatic rings. The molecule has 0 rings (SSSR count). The SMILES string of the molecule is CC(C)C(=O)[C@H](N)CCC(N)O. The summed E-state index contributed by atoms with van der Waals surface area (Å²) in [6.45, 7) is 3.61. The summed E-state index contributed by atoms with van der Waals surface area (Å²) in [5.74, 6) is -0.0226. The summed E-state index contributed by atoms with van der Waals surface area (Å²) in [4.78, 5) is 11.2. The molecule has 72 valence electrons. The largest absolute Gasteiger partial charge is 0.379 e. The maximum Gasteiger partial charge on any atom is 0.152 e. The minimum atomic E-state index is -0.865. The number of rotatable bonds is 5. The maximum absolute atomic E-state index is 11.2. The van der Waals surface area contributed by atoms with Gasteiger partial charge in [0.15, 0.2) is 5.78 Å². The molecule has 0 fully saturated rings. The topological polar surface area (TPSA) is 89.3 Å². The summed E-state index contributed by atoms with van der Waals surface area (Å²) >= 11 is 0. The molecule has 0 saturated heterocycles. The zero-order valence-corrected chi connectivity index (χ0v) is 7.66. The van der Waals surface area contributed by atoms with Crippen LogP contribution >= 0.6 is 0 Å². The van der Waals surface area contributed by atoms with Crippen molar-refractivity contribution in [3.8, 4) is 0 Å². The van der Waals surface area contributed by atoms with Crippen LogP contribution in [0.25, 0.3) is 0 Å². The highest BCUT2D eigenvalue weighted by Gasteiger charge is 2.16. The molecule has 0 radical (unpaired) electrons. The smallest absolute Gasteiger partial charge is 0.152 e. The van der Waals surface area contributed by atoms with E-state index in [1.807, 2.05) is 0 Å². The van der Waals surface area contributed by atoms with E-state index in [1.165, 1.54) is 0 Å². The Balaban J connectivity index is 3.72. The van der Waals surface area contributed by atoms with Crippen molar-refractivity contribution in [2.45, 2.75) is 39.0 Å². The molecular formula is C8H18N2O2. The number of carbonyl (C=O) groups is 1. The predicted molar refractivity (Wildman–Crippen MR) is 47.2 cm³/mol. The molecule has 4 nitrogen and oxygen atoms in total. The van der Waals surface area contributed by atoms with E-state index in [1.54, 1.807) is 13.8 Å². The van der Waals surface area contributed by atoms with Crippen LogP contribution in [0.5, 0.6) is 0 Å². The van der Waals surface area contributed by atoms with Crippen LogP contribution in [-0.2, 0) is 4.79 Å². The van der Waals surface area contributed by atoms with Crippen molar-refractivity contribution in [1.82, 2.24) is 0 Å². The minimum Gasteiger partial charge on any atom is -0.379 e. The zero-order valence-electron chi connectivity index (χ0n) is 7.66. The van der Waals surface area contributed by atoms with Crippen LogP contribution in [0.2, 0.25) is 0 Å². The first kappa shape index (κ1) is 11.6. The average molecular weight is 174 g/mol. The molecule has 0 aliphatic rings. The highest BCUT2D eigenvalue weighted by atomic mass is 16.3. The van der Waals surface area contributed by atoms with Gasteiger partial charge in [-0.25, -0.2) is 0 Å². The minimum absolute atomic E-state index is 0.0238. The first-order valence-corrected chi connectivity index (χ1v) is 4.18. The number of carbonyl (C=O) groups excluding carboxylic acids is 1. The molecule has 0 amide bonds. The van der Waals surface area contributed by atoms with Gasteiger partial charge in [0.2, 0.25) is 0 Å². The van der Waals surface area contributed by atoms with E-state index >= 15 is 0 Å². The average Bonchev–Trinajstić information content (AvgIpc) is 1.98. The molecule has 0 aliphatic heterocycles. The molecular weight excluding hydrogens is 156 g/mol. The fourth-order valence-electron chi connectivity index (χ4n) is 0.921. The Kier molecular flexibility index (Phi) is 5.04. The molecule has 0 spiro atoms. The number of aliphatic hydroxyl groups is 1. The van der Waals surface area contributed by atoms with Crippen LogP contribution in [0.15, 0.2) is 0 Å². The van der Waals surface area contributed by atoms with Gasteiger partial charge in [0, 0.05) is 5.92 Å². The Morgan fingerprint density at radius 2 is 1.83 bits per heavy atom. The van der Waals surface area contributed by atoms with Crippen LogP contribution in [0.3, 0.4) is 0 Å². The van der Waals surface area contributed by atoms with E-state index < -0.39 is 12.3 Å². The third-order valence-corrected chi connectivity index (χ3v) is 1.71. The van der Waals surface area contributed by atoms with Gasteiger partial charge in [-0.3, -0.25) is 4.79 Å². The summed E-state index contributed by atoms with van der Waals surface area (Å²) in [6.07, 6.45) is -0.0371. The monoisotopic (exact) mass is 174 g/mol. The van der Waals surface area contributed by atoms with Gasteiger partial charge in [-0.1, -0.05) is 13.8 Å². The molecule has 0 bridgehead atoms. The quantitative estimate of drug-likeness (QED) is 0.494. The van der Waals surface area contributed by atoms with Crippen LogP contribution in [0, 0.1) is 5.92 Å². The lowest BCUT2D eigenvalue weighted by atomic mass is 9.99. The highest BCUT2D eigenvalue weighted by molar-refractivity contribution is 5.85. The molecule has 0 aliphatic carbocycles. The van der Waals surface area contributed by atoms with Gasteiger partial charge in [-0.15, -0.1) is 0 Å². The predicted octanol–water partition coefficient (Wildman–Crippen LogP) is -0.404. The van der Waals surface area contributed by atoms with Gasteiger partial charge in [0.25, 0.3) is 0 Å². The Morgan fingerprint density at radius 3 is 2.17 bits per heavy atom. The third kappa shape index (κ3) is 4.43. The highest BCUT2D eigenvalue weighted by Crippen LogP contribution is 2.04. The third-order valence-electron chi connectivity index (χ3n) is 1.71. The van der Waals surface area contributed by atoms with Crippen molar-refractivity contribution in [1.29, 1.82) is 0 Å². The molecule has 1 unspecified atom stereocenters. The lowest BCUT2D eigenvalue weighted by Crippen LogP contribution is -2.35. The number of Topliss-reactive ketones (excluding diaryl/α,β-unsaturated/α-hetero) is 1. The summed E-state index contributed by atoms with van der Waals surface area (Å²) in [6, 6.07) is -0.483. The lowest BCUT2D eigenvalue weighted by molar-refractivity contribution is -0.123. The fraction of sp³-hybridized carbons (Fsp3) is 0.875. The zero-order chi connectivity index (χ0) is 9.72. The molecule has 5 N–H and O–H groups in total. The van der Waals surface area contributed by atoms with Gasteiger partial charge in [-0.05, 0) is 12.8 Å². The Bertz CT molecular complexity index is 146. The number of hydrogen-bond donors (Lipinski definition) is 3. The van der Waals surface area contributed by atoms with Gasteiger partial charge in [-0.2, -0.15) is 0 Å². The van der Waals surface area contributed by atoms with E-state index in [0.717, 1.165) is 0 Å². The summed E-state index contributed by atoms with van der Waals surface area (Å²) in [5.41, 5.74) is 10.7. The van der Waals surface area contributed by atoms with Crippen molar-refractivity contribution in [3.05, 3.63) is 0 Å². The second-order valence-corrected chi connectivity index (χ2v) is 3.31. The van der Waals surface area contributed by atoms with E-state index in [4.69, 9.17) is 16.6 Å². The van der Waals surface area contributed by atoms with Crippen molar-refractivity contribution in [2.75, 3.05) is 0 Å². The van der Waals surface area contributed by atoms with Gasteiger partial charge >= 0.3 is 0 Å². The molecule has 0 saturated carbocycles. The lowest BCUT2D eigenvalue weighted by Gasteiger charge is -2.13.